The molecule has 1 unspecified atom stereocenters. The molecule has 0 saturated carbocycles. The summed E-state index contributed by atoms with van der Waals surface area (Å²) in [5.74, 6) is 0.847. The van der Waals surface area contributed by atoms with Gasteiger partial charge in [0.15, 0.2) is 0 Å². The fourth-order valence-corrected chi connectivity index (χ4v) is 1.97. The van der Waals surface area contributed by atoms with Gasteiger partial charge >= 0.3 is 0 Å². The Labute approximate surface area is 111 Å². The van der Waals surface area contributed by atoms with Crippen molar-refractivity contribution in [2.24, 2.45) is 5.92 Å². The zero-order chi connectivity index (χ0) is 13.0. The van der Waals surface area contributed by atoms with E-state index in [4.69, 9.17) is 4.74 Å². The average Bonchev–Trinajstić information content (AvgIpc) is 2.28. The summed E-state index contributed by atoms with van der Waals surface area (Å²) in [6.45, 7) is 5.73. The minimum atomic E-state index is -0.00731. The Hall–Kier alpha value is -1.03. The van der Waals surface area contributed by atoms with Gasteiger partial charge in [-0.3, -0.25) is 4.79 Å². The lowest BCUT2D eigenvalue weighted by Gasteiger charge is -2.17. The van der Waals surface area contributed by atoms with Gasteiger partial charge in [0.2, 0.25) is 5.91 Å². The van der Waals surface area contributed by atoms with Gasteiger partial charge in [-0.1, -0.05) is 19.9 Å². The highest BCUT2D eigenvalue weighted by molar-refractivity contribution is 9.10. The first-order chi connectivity index (χ1) is 7.95. The minimum Gasteiger partial charge on any atom is -0.496 e. The van der Waals surface area contributed by atoms with E-state index in [0.29, 0.717) is 0 Å². The molecule has 3 nitrogen and oxygen atoms in total. The van der Waals surface area contributed by atoms with Gasteiger partial charge in [0, 0.05) is 5.92 Å². The molecule has 1 rings (SSSR count). The van der Waals surface area contributed by atoms with Crippen molar-refractivity contribution < 1.29 is 9.53 Å². The molecule has 0 aliphatic carbocycles. The molecular weight excluding hydrogens is 282 g/mol. The molecule has 1 amide bonds. The first-order valence-electron chi connectivity index (χ1n) is 5.59. The Balaban J connectivity index is 2.79. The molecule has 0 bridgehead atoms. The maximum atomic E-state index is 11.6. The van der Waals surface area contributed by atoms with E-state index >= 15 is 0 Å². The monoisotopic (exact) mass is 299 g/mol. The number of hydrogen-bond acceptors (Lipinski definition) is 2. The number of ether oxygens (including phenoxy) is 1. The molecule has 1 N–H and O–H groups in total. The summed E-state index contributed by atoms with van der Waals surface area (Å²) in [5, 5.41) is 2.96. The number of rotatable bonds is 4. The van der Waals surface area contributed by atoms with Crippen LogP contribution >= 0.6 is 15.9 Å². The van der Waals surface area contributed by atoms with Crippen molar-refractivity contribution in [2.45, 2.75) is 26.8 Å². The van der Waals surface area contributed by atoms with Crippen LogP contribution in [0.3, 0.4) is 0 Å². The van der Waals surface area contributed by atoms with Crippen molar-refractivity contribution in [1.29, 1.82) is 0 Å². The van der Waals surface area contributed by atoms with E-state index in [9.17, 15) is 4.79 Å². The van der Waals surface area contributed by atoms with Crippen molar-refractivity contribution in [2.75, 3.05) is 7.11 Å². The van der Waals surface area contributed by atoms with E-state index in [1.807, 2.05) is 39.0 Å². The summed E-state index contributed by atoms with van der Waals surface area (Å²) in [6.07, 6.45) is 0. The second-order valence-corrected chi connectivity index (χ2v) is 5.13. The van der Waals surface area contributed by atoms with E-state index in [0.717, 1.165) is 15.8 Å². The molecule has 1 aromatic carbocycles. The summed E-state index contributed by atoms with van der Waals surface area (Å²) < 4.78 is 6.06. The SMILES string of the molecule is COc1ccc(C(C)NC(=O)C(C)C)cc1Br. The molecule has 4 heteroatoms. The Kier molecular flexibility index (Phi) is 5.00. The minimum absolute atomic E-state index is 0.000797. The molecule has 0 radical (unpaired) electrons. The van der Waals surface area contributed by atoms with Crippen molar-refractivity contribution in [1.82, 2.24) is 5.32 Å². The van der Waals surface area contributed by atoms with Crippen LogP contribution in [0.15, 0.2) is 22.7 Å². The fraction of sp³-hybridized carbons (Fsp3) is 0.462. The lowest BCUT2D eigenvalue weighted by Crippen LogP contribution is -2.30. The van der Waals surface area contributed by atoms with Crippen LogP contribution in [0.2, 0.25) is 0 Å². The van der Waals surface area contributed by atoms with E-state index < -0.39 is 0 Å². The molecule has 0 aliphatic heterocycles. The molecule has 0 aromatic heterocycles. The average molecular weight is 300 g/mol. The number of carbonyl (C=O) groups is 1. The van der Waals surface area contributed by atoms with Gasteiger partial charge < -0.3 is 10.1 Å². The predicted octanol–water partition coefficient (Wildman–Crippen LogP) is 3.29. The second kappa shape index (κ2) is 6.05. The largest absolute Gasteiger partial charge is 0.496 e. The van der Waals surface area contributed by atoms with E-state index in [1.165, 1.54) is 0 Å². The summed E-state index contributed by atoms with van der Waals surface area (Å²) in [5.41, 5.74) is 1.05. The van der Waals surface area contributed by atoms with Crippen LogP contribution in [-0.2, 0) is 4.79 Å². The number of nitrogens with one attached hydrogen (secondary N) is 1. The zero-order valence-corrected chi connectivity index (χ0v) is 12.2. The molecule has 0 aliphatic rings. The number of benzene rings is 1. The van der Waals surface area contributed by atoms with Crippen LogP contribution in [0.4, 0.5) is 0 Å². The molecule has 0 fully saturated rings. The van der Waals surface area contributed by atoms with Gasteiger partial charge in [-0.2, -0.15) is 0 Å². The van der Waals surface area contributed by atoms with Crippen LogP contribution in [0, 0.1) is 5.92 Å². The van der Waals surface area contributed by atoms with E-state index in [1.54, 1.807) is 7.11 Å². The quantitative estimate of drug-likeness (QED) is 0.926. The van der Waals surface area contributed by atoms with Gasteiger partial charge in [-0.05, 0) is 40.5 Å². The second-order valence-electron chi connectivity index (χ2n) is 4.28. The predicted molar refractivity (Wildman–Crippen MR) is 72.1 cm³/mol. The van der Waals surface area contributed by atoms with E-state index in [2.05, 4.69) is 21.2 Å². The van der Waals surface area contributed by atoms with Crippen LogP contribution in [0.25, 0.3) is 0 Å². The number of amides is 1. The number of halogens is 1. The highest BCUT2D eigenvalue weighted by Gasteiger charge is 2.13. The van der Waals surface area contributed by atoms with Crippen LogP contribution in [0.5, 0.6) is 5.75 Å². The first-order valence-corrected chi connectivity index (χ1v) is 6.38. The maximum Gasteiger partial charge on any atom is 0.223 e. The van der Waals surface area contributed by atoms with Crippen molar-refractivity contribution in [3.05, 3.63) is 28.2 Å². The third-order valence-corrected chi connectivity index (χ3v) is 3.18. The Bertz CT molecular complexity index is 404. The van der Waals surface area contributed by atoms with Crippen LogP contribution in [-0.4, -0.2) is 13.0 Å². The van der Waals surface area contributed by atoms with Crippen molar-refractivity contribution in [3.63, 3.8) is 0 Å². The van der Waals surface area contributed by atoms with Gasteiger partial charge in [-0.15, -0.1) is 0 Å². The molecule has 0 saturated heterocycles. The Morgan fingerprint density at radius 2 is 2.00 bits per heavy atom. The summed E-state index contributed by atoms with van der Waals surface area (Å²) in [6, 6.07) is 5.79. The Morgan fingerprint density at radius 3 is 2.47 bits per heavy atom. The molecular formula is C13H18BrNO2. The maximum absolute atomic E-state index is 11.6. The van der Waals surface area contributed by atoms with Crippen molar-refractivity contribution >= 4 is 21.8 Å². The summed E-state index contributed by atoms with van der Waals surface area (Å²) in [4.78, 5) is 11.6. The lowest BCUT2D eigenvalue weighted by molar-refractivity contribution is -0.124. The van der Waals surface area contributed by atoms with Gasteiger partial charge in [0.05, 0.1) is 17.6 Å². The summed E-state index contributed by atoms with van der Waals surface area (Å²) in [7, 11) is 1.63. The normalized spacial score (nSPS) is 12.4. The molecule has 0 spiro atoms. The van der Waals surface area contributed by atoms with Crippen LogP contribution < -0.4 is 10.1 Å². The van der Waals surface area contributed by atoms with Crippen molar-refractivity contribution in [3.8, 4) is 5.75 Å². The topological polar surface area (TPSA) is 38.3 Å². The molecule has 17 heavy (non-hydrogen) atoms. The van der Waals surface area contributed by atoms with Gasteiger partial charge in [0.25, 0.3) is 0 Å². The first kappa shape index (κ1) is 14.0. The highest BCUT2D eigenvalue weighted by Crippen LogP contribution is 2.27. The smallest absolute Gasteiger partial charge is 0.223 e. The third-order valence-electron chi connectivity index (χ3n) is 2.56. The Morgan fingerprint density at radius 1 is 1.35 bits per heavy atom. The van der Waals surface area contributed by atoms with Gasteiger partial charge in [-0.25, -0.2) is 0 Å². The molecule has 94 valence electrons. The molecule has 1 atom stereocenters. The van der Waals surface area contributed by atoms with Crippen LogP contribution in [0.1, 0.15) is 32.4 Å². The standard InChI is InChI=1S/C13H18BrNO2/c1-8(2)13(16)15-9(3)10-5-6-12(17-4)11(14)7-10/h5-9H,1-4H3,(H,15,16). The molecule has 0 heterocycles. The number of hydrogen-bond donors (Lipinski definition) is 1. The fourth-order valence-electron chi connectivity index (χ4n) is 1.42. The lowest BCUT2D eigenvalue weighted by atomic mass is 10.1. The van der Waals surface area contributed by atoms with E-state index in [-0.39, 0.29) is 17.9 Å². The van der Waals surface area contributed by atoms with Gasteiger partial charge in [0.1, 0.15) is 5.75 Å². The number of carbonyl (C=O) groups excluding carboxylic acids is 1. The summed E-state index contributed by atoms with van der Waals surface area (Å²) >= 11 is 3.43. The third kappa shape index (κ3) is 3.73. The zero-order valence-electron chi connectivity index (χ0n) is 10.6. The molecule has 1 aromatic rings. The highest BCUT2D eigenvalue weighted by atomic mass is 79.9. The number of methoxy groups -OCH3 is 1.